The maximum atomic E-state index is 13.8. The van der Waals surface area contributed by atoms with Crippen molar-refractivity contribution >= 4 is 5.97 Å². The van der Waals surface area contributed by atoms with Crippen molar-refractivity contribution in [3.63, 3.8) is 0 Å². The first-order valence-corrected chi connectivity index (χ1v) is 6.36. The van der Waals surface area contributed by atoms with Gasteiger partial charge in [0.2, 0.25) is 0 Å². The van der Waals surface area contributed by atoms with Crippen molar-refractivity contribution in [2.75, 3.05) is 13.2 Å². The van der Waals surface area contributed by atoms with E-state index in [1.165, 1.54) is 12.1 Å². The second kappa shape index (κ2) is 7.31. The summed E-state index contributed by atoms with van der Waals surface area (Å²) in [5.41, 5.74) is -0.126. The summed E-state index contributed by atoms with van der Waals surface area (Å²) >= 11 is 0. The summed E-state index contributed by atoms with van der Waals surface area (Å²) in [5.74, 6) is -4.61. The Morgan fingerprint density at radius 2 is 2.10 bits per heavy atom. The molecule has 0 radical (unpaired) electrons. The first-order valence-electron chi connectivity index (χ1n) is 6.36. The molecule has 0 aliphatic heterocycles. The number of ether oxygens (including phenoxy) is 2. The van der Waals surface area contributed by atoms with Crippen molar-refractivity contribution in [1.82, 2.24) is 0 Å². The third-order valence-electron chi connectivity index (χ3n) is 2.49. The summed E-state index contributed by atoms with van der Waals surface area (Å²) in [6, 6.07) is 3.32. The normalized spacial score (nSPS) is 12.9. The molecule has 1 aromatic carbocycles. The zero-order chi connectivity index (χ0) is 16.0. The van der Waals surface area contributed by atoms with Gasteiger partial charge >= 0.3 is 5.97 Å². The van der Waals surface area contributed by atoms with Gasteiger partial charge in [-0.15, -0.1) is 0 Å². The van der Waals surface area contributed by atoms with Crippen molar-refractivity contribution < 1.29 is 32.5 Å². The lowest BCUT2D eigenvalue weighted by Gasteiger charge is -2.14. The smallest absolute Gasteiger partial charge is 0.308 e. The number of carbonyl (C=O) groups excluding carboxylic acids is 1. The minimum absolute atomic E-state index is 0.0823. The molecular weight excluding hydrogens is 289 g/mol. The van der Waals surface area contributed by atoms with E-state index in [4.69, 9.17) is 4.74 Å². The second-order valence-electron chi connectivity index (χ2n) is 4.57. The molecule has 21 heavy (non-hydrogen) atoms. The van der Waals surface area contributed by atoms with Gasteiger partial charge in [0.25, 0.3) is 5.92 Å². The highest BCUT2D eigenvalue weighted by Gasteiger charge is 2.23. The molecular formula is C14H17F3O4. The molecule has 118 valence electrons. The number of carbonyl (C=O) groups is 1. The molecule has 0 fully saturated rings. The Morgan fingerprint density at radius 1 is 1.43 bits per heavy atom. The van der Waals surface area contributed by atoms with E-state index in [-0.39, 0.29) is 17.9 Å². The van der Waals surface area contributed by atoms with Crippen LogP contribution < -0.4 is 4.74 Å². The molecule has 4 nitrogen and oxygen atoms in total. The van der Waals surface area contributed by atoms with E-state index in [2.05, 4.69) is 4.74 Å². The van der Waals surface area contributed by atoms with E-state index in [1.54, 1.807) is 6.92 Å². The van der Waals surface area contributed by atoms with Crippen LogP contribution >= 0.6 is 0 Å². The Balaban J connectivity index is 2.71. The van der Waals surface area contributed by atoms with Gasteiger partial charge in [-0.1, -0.05) is 0 Å². The fourth-order valence-corrected chi connectivity index (χ4v) is 1.57. The van der Waals surface area contributed by atoms with Gasteiger partial charge in [0, 0.05) is 18.6 Å². The number of aliphatic hydroxyl groups is 1. The van der Waals surface area contributed by atoms with Crippen LogP contribution in [0.15, 0.2) is 18.2 Å². The van der Waals surface area contributed by atoms with Gasteiger partial charge in [-0.3, -0.25) is 4.79 Å². The van der Waals surface area contributed by atoms with Gasteiger partial charge in [-0.2, -0.15) is 0 Å². The van der Waals surface area contributed by atoms with Gasteiger partial charge in [-0.25, -0.2) is 13.2 Å². The lowest BCUT2D eigenvalue weighted by atomic mass is 10.1. The van der Waals surface area contributed by atoms with Gasteiger partial charge < -0.3 is 14.6 Å². The van der Waals surface area contributed by atoms with Gasteiger partial charge in [0.1, 0.15) is 11.6 Å². The lowest BCUT2D eigenvalue weighted by molar-refractivity contribution is -0.145. The zero-order valence-corrected chi connectivity index (χ0v) is 11.7. The average molecular weight is 306 g/mol. The van der Waals surface area contributed by atoms with E-state index in [0.29, 0.717) is 6.92 Å². The molecule has 1 rings (SSSR count). The van der Waals surface area contributed by atoms with Crippen LogP contribution in [-0.4, -0.2) is 30.2 Å². The Labute approximate surface area is 120 Å². The molecule has 0 heterocycles. The van der Waals surface area contributed by atoms with E-state index < -0.39 is 36.8 Å². The lowest BCUT2D eigenvalue weighted by Crippen LogP contribution is -2.21. The van der Waals surface area contributed by atoms with Crippen molar-refractivity contribution in [1.29, 1.82) is 0 Å². The number of hydrogen-bond donors (Lipinski definition) is 1. The highest BCUT2D eigenvalue weighted by molar-refractivity contribution is 5.70. The third-order valence-corrected chi connectivity index (χ3v) is 2.49. The van der Waals surface area contributed by atoms with E-state index in [9.17, 15) is 23.1 Å². The average Bonchev–Trinajstić information content (AvgIpc) is 2.35. The van der Waals surface area contributed by atoms with Crippen LogP contribution in [0.1, 0.15) is 31.9 Å². The molecule has 0 saturated heterocycles. The van der Waals surface area contributed by atoms with Crippen molar-refractivity contribution in [2.45, 2.75) is 32.3 Å². The van der Waals surface area contributed by atoms with Crippen LogP contribution in [0.25, 0.3) is 0 Å². The van der Waals surface area contributed by atoms with Crippen molar-refractivity contribution in [2.24, 2.45) is 0 Å². The highest BCUT2D eigenvalue weighted by atomic mass is 19.3. The number of alkyl halides is 2. The second-order valence-corrected chi connectivity index (χ2v) is 4.57. The summed E-state index contributed by atoms with van der Waals surface area (Å²) in [5, 5.41) is 9.75. The van der Waals surface area contributed by atoms with Gasteiger partial charge in [-0.05, 0) is 19.1 Å². The molecule has 1 aromatic rings. The first-order chi connectivity index (χ1) is 9.73. The van der Waals surface area contributed by atoms with Crippen molar-refractivity contribution in [3.05, 3.63) is 29.6 Å². The fourth-order valence-electron chi connectivity index (χ4n) is 1.57. The zero-order valence-electron chi connectivity index (χ0n) is 11.7. The van der Waals surface area contributed by atoms with Crippen LogP contribution in [0.4, 0.5) is 13.2 Å². The molecule has 0 aromatic heterocycles. The number of halogens is 3. The van der Waals surface area contributed by atoms with Crippen LogP contribution in [-0.2, 0) is 9.53 Å². The molecule has 0 spiro atoms. The summed E-state index contributed by atoms with van der Waals surface area (Å²) in [6.45, 7) is 1.57. The minimum atomic E-state index is -3.03. The molecule has 1 N–H and O–H groups in total. The molecule has 0 bridgehead atoms. The molecule has 0 aliphatic carbocycles. The minimum Gasteiger partial charge on any atom is -0.487 e. The van der Waals surface area contributed by atoms with Gasteiger partial charge in [0.15, 0.2) is 6.61 Å². The third kappa shape index (κ3) is 6.03. The topological polar surface area (TPSA) is 55.8 Å². The monoisotopic (exact) mass is 306 g/mol. The molecule has 1 atom stereocenters. The van der Waals surface area contributed by atoms with E-state index in [0.717, 1.165) is 6.07 Å². The molecule has 0 saturated carbocycles. The summed E-state index contributed by atoms with van der Waals surface area (Å²) in [7, 11) is 0. The standard InChI is InChI=1S/C14H17F3O4/c1-3-20-13(19)7-12(18)10-5-4-9(6-11(10)15)21-8-14(2,16)17/h4-6,12,18H,3,7-8H2,1-2H3. The molecule has 1 unspecified atom stereocenters. The number of benzene rings is 1. The maximum Gasteiger partial charge on any atom is 0.308 e. The van der Waals surface area contributed by atoms with Crippen LogP contribution in [0.5, 0.6) is 5.75 Å². The number of rotatable bonds is 7. The first kappa shape index (κ1) is 17.3. The number of aliphatic hydroxyl groups excluding tert-OH is 1. The van der Waals surface area contributed by atoms with Crippen LogP contribution in [0.3, 0.4) is 0 Å². The molecule has 0 amide bonds. The fraction of sp³-hybridized carbons (Fsp3) is 0.500. The van der Waals surface area contributed by atoms with Crippen molar-refractivity contribution in [3.8, 4) is 5.75 Å². The van der Waals surface area contributed by atoms with Crippen LogP contribution in [0, 0.1) is 5.82 Å². The van der Waals surface area contributed by atoms with Gasteiger partial charge in [0.05, 0.1) is 19.1 Å². The predicted molar refractivity (Wildman–Crippen MR) is 68.7 cm³/mol. The maximum absolute atomic E-state index is 13.8. The largest absolute Gasteiger partial charge is 0.487 e. The molecule has 7 heteroatoms. The highest BCUT2D eigenvalue weighted by Crippen LogP contribution is 2.25. The Morgan fingerprint density at radius 3 is 2.62 bits per heavy atom. The quantitative estimate of drug-likeness (QED) is 0.787. The number of esters is 1. The predicted octanol–water partition coefficient (Wildman–Crippen LogP) is 2.85. The van der Waals surface area contributed by atoms with E-state index >= 15 is 0 Å². The number of hydrogen-bond acceptors (Lipinski definition) is 4. The Kier molecular flexibility index (Phi) is 6.02. The van der Waals surface area contributed by atoms with Crippen LogP contribution in [0.2, 0.25) is 0 Å². The van der Waals surface area contributed by atoms with E-state index in [1.807, 2.05) is 0 Å². The summed E-state index contributed by atoms with van der Waals surface area (Å²) in [6.07, 6.45) is -1.76. The Hall–Kier alpha value is -1.76. The molecule has 0 aliphatic rings. The summed E-state index contributed by atoms with van der Waals surface area (Å²) in [4.78, 5) is 11.2. The SMILES string of the molecule is CCOC(=O)CC(O)c1ccc(OCC(C)(F)F)cc1F. The summed E-state index contributed by atoms with van der Waals surface area (Å²) < 4.78 is 48.4. The Bertz CT molecular complexity index is 486.